The molecule has 0 aromatic carbocycles. The lowest BCUT2D eigenvalue weighted by Gasteiger charge is -2.14. The van der Waals surface area contributed by atoms with E-state index in [1.54, 1.807) is 0 Å². The van der Waals surface area contributed by atoms with Crippen LogP contribution in [-0.2, 0) is 10.0 Å². The number of nitrogens with zero attached hydrogens (tertiary/aromatic N) is 1. The lowest BCUT2D eigenvalue weighted by Crippen LogP contribution is -2.28. The molecule has 14 heavy (non-hydrogen) atoms. The van der Waals surface area contributed by atoms with Gasteiger partial charge in [-0.05, 0) is 13.0 Å². The van der Waals surface area contributed by atoms with Gasteiger partial charge in [-0.3, -0.25) is 0 Å². The molecule has 0 atom stereocenters. The normalized spacial score (nSPS) is 18.5. The van der Waals surface area contributed by atoms with Crippen LogP contribution in [0.3, 0.4) is 0 Å². The van der Waals surface area contributed by atoms with Crippen LogP contribution in [0.25, 0.3) is 0 Å². The monoisotopic (exact) mass is 213 g/mol. The number of furan rings is 1. The molecule has 2 heterocycles. The van der Waals surface area contributed by atoms with E-state index in [1.165, 1.54) is 22.9 Å². The van der Waals surface area contributed by atoms with E-state index in [0.29, 0.717) is 13.1 Å². The molecule has 0 aliphatic carbocycles. The van der Waals surface area contributed by atoms with Gasteiger partial charge in [0.15, 0.2) is 0 Å². The van der Waals surface area contributed by atoms with Crippen LogP contribution >= 0.6 is 0 Å². The average Bonchev–Trinajstić information content (AvgIpc) is 2.72. The van der Waals surface area contributed by atoms with Crippen LogP contribution in [0.5, 0.6) is 0 Å². The number of hydrogen-bond acceptors (Lipinski definition) is 3. The molecule has 1 aromatic rings. The van der Waals surface area contributed by atoms with Crippen molar-refractivity contribution in [2.75, 3.05) is 13.1 Å². The molecule has 0 amide bonds. The summed E-state index contributed by atoms with van der Waals surface area (Å²) in [6, 6.07) is 1.46. The lowest BCUT2D eigenvalue weighted by atomic mass is 10.3. The first-order valence-electron chi connectivity index (χ1n) is 4.29. The van der Waals surface area contributed by atoms with Crippen molar-refractivity contribution in [1.82, 2.24) is 4.31 Å². The molecular weight excluding hydrogens is 202 g/mol. The van der Waals surface area contributed by atoms with E-state index in [1.807, 2.05) is 13.0 Å². The first kappa shape index (κ1) is 9.48. The zero-order valence-corrected chi connectivity index (χ0v) is 8.62. The summed E-state index contributed by atoms with van der Waals surface area (Å²) in [5, 5.41) is 0. The molecule has 0 spiro atoms. The van der Waals surface area contributed by atoms with Crippen LogP contribution in [0.4, 0.5) is 0 Å². The van der Waals surface area contributed by atoms with Crippen LogP contribution < -0.4 is 0 Å². The third-order valence-electron chi connectivity index (χ3n) is 2.20. The van der Waals surface area contributed by atoms with Gasteiger partial charge in [0.1, 0.15) is 11.2 Å². The van der Waals surface area contributed by atoms with Gasteiger partial charge < -0.3 is 4.42 Å². The second-order valence-electron chi connectivity index (χ2n) is 3.31. The van der Waals surface area contributed by atoms with Gasteiger partial charge >= 0.3 is 0 Å². The minimum atomic E-state index is -3.34. The molecule has 1 aliphatic heterocycles. The van der Waals surface area contributed by atoms with Gasteiger partial charge in [-0.15, -0.1) is 0 Å². The predicted octanol–water partition coefficient (Wildman–Crippen LogP) is 1.23. The maximum atomic E-state index is 11.9. The Kier molecular flexibility index (Phi) is 2.20. The Morgan fingerprint density at radius 2 is 2.29 bits per heavy atom. The highest BCUT2D eigenvalue weighted by molar-refractivity contribution is 7.89. The SMILES string of the molecule is CC1=CCN(S(=O)(=O)c2ccoc2)C1. The van der Waals surface area contributed by atoms with Crippen molar-refractivity contribution in [3.8, 4) is 0 Å². The highest BCUT2D eigenvalue weighted by Gasteiger charge is 2.27. The van der Waals surface area contributed by atoms with Crippen LogP contribution in [0, 0.1) is 0 Å². The van der Waals surface area contributed by atoms with Crippen LogP contribution in [-0.4, -0.2) is 25.8 Å². The molecule has 5 heteroatoms. The fraction of sp³-hybridized carbons (Fsp3) is 0.333. The molecule has 0 saturated heterocycles. The molecule has 0 radical (unpaired) electrons. The van der Waals surface area contributed by atoms with Crippen molar-refractivity contribution in [3.05, 3.63) is 30.2 Å². The third-order valence-corrected chi connectivity index (χ3v) is 3.99. The third kappa shape index (κ3) is 1.49. The van der Waals surface area contributed by atoms with Crippen molar-refractivity contribution in [3.63, 3.8) is 0 Å². The van der Waals surface area contributed by atoms with Crippen molar-refractivity contribution < 1.29 is 12.8 Å². The lowest BCUT2D eigenvalue weighted by molar-refractivity contribution is 0.481. The Balaban J connectivity index is 2.27. The van der Waals surface area contributed by atoms with E-state index < -0.39 is 10.0 Å². The summed E-state index contributed by atoms with van der Waals surface area (Å²) in [7, 11) is -3.34. The van der Waals surface area contributed by atoms with Gasteiger partial charge in [-0.25, -0.2) is 8.42 Å². The fourth-order valence-electron chi connectivity index (χ4n) is 1.40. The van der Waals surface area contributed by atoms with Gasteiger partial charge in [0.05, 0.1) is 6.26 Å². The Hall–Kier alpha value is -1.07. The summed E-state index contributed by atoms with van der Waals surface area (Å²) in [4.78, 5) is 0.223. The standard InChI is InChI=1S/C9H11NO3S/c1-8-2-4-10(6-8)14(11,12)9-3-5-13-7-9/h2-3,5,7H,4,6H2,1H3. The second-order valence-corrected chi connectivity index (χ2v) is 5.25. The summed E-state index contributed by atoms with van der Waals surface area (Å²) < 4.78 is 29.9. The molecule has 0 N–H and O–H groups in total. The first-order chi connectivity index (χ1) is 6.60. The summed E-state index contributed by atoms with van der Waals surface area (Å²) in [6.45, 7) is 2.86. The maximum Gasteiger partial charge on any atom is 0.246 e. The number of rotatable bonds is 2. The van der Waals surface area contributed by atoms with Gasteiger partial charge in [-0.2, -0.15) is 4.31 Å². The Morgan fingerprint density at radius 3 is 2.79 bits per heavy atom. The van der Waals surface area contributed by atoms with E-state index in [4.69, 9.17) is 4.42 Å². The molecule has 0 bridgehead atoms. The zero-order chi connectivity index (χ0) is 10.2. The largest absolute Gasteiger partial charge is 0.471 e. The Morgan fingerprint density at radius 1 is 1.50 bits per heavy atom. The van der Waals surface area contributed by atoms with Crippen LogP contribution in [0.15, 0.2) is 39.6 Å². The smallest absolute Gasteiger partial charge is 0.246 e. The summed E-state index contributed by atoms with van der Waals surface area (Å²) >= 11 is 0. The van der Waals surface area contributed by atoms with E-state index in [0.717, 1.165) is 5.57 Å². The maximum absolute atomic E-state index is 11.9. The zero-order valence-electron chi connectivity index (χ0n) is 7.80. The van der Waals surface area contributed by atoms with Gasteiger partial charge in [0.2, 0.25) is 10.0 Å². The highest BCUT2D eigenvalue weighted by atomic mass is 32.2. The van der Waals surface area contributed by atoms with E-state index in [2.05, 4.69) is 0 Å². The van der Waals surface area contributed by atoms with E-state index >= 15 is 0 Å². The Labute approximate surface area is 82.9 Å². The van der Waals surface area contributed by atoms with Gasteiger partial charge in [-0.1, -0.05) is 11.6 Å². The molecule has 4 nitrogen and oxygen atoms in total. The van der Waals surface area contributed by atoms with Gasteiger partial charge in [0.25, 0.3) is 0 Å². The molecule has 0 saturated carbocycles. The van der Waals surface area contributed by atoms with Gasteiger partial charge in [0, 0.05) is 13.1 Å². The van der Waals surface area contributed by atoms with Crippen LogP contribution in [0.1, 0.15) is 6.92 Å². The minimum absolute atomic E-state index is 0.223. The average molecular weight is 213 g/mol. The predicted molar refractivity (Wildman–Crippen MR) is 51.2 cm³/mol. The molecule has 0 fully saturated rings. The molecule has 76 valence electrons. The van der Waals surface area contributed by atoms with Crippen molar-refractivity contribution >= 4 is 10.0 Å². The van der Waals surface area contributed by atoms with E-state index in [9.17, 15) is 8.42 Å². The van der Waals surface area contributed by atoms with Crippen molar-refractivity contribution in [2.24, 2.45) is 0 Å². The molecule has 0 unspecified atom stereocenters. The summed E-state index contributed by atoms with van der Waals surface area (Å²) in [6.07, 6.45) is 4.53. The van der Waals surface area contributed by atoms with E-state index in [-0.39, 0.29) is 4.90 Å². The highest BCUT2D eigenvalue weighted by Crippen LogP contribution is 2.20. The fourth-order valence-corrected chi connectivity index (χ4v) is 2.74. The second kappa shape index (κ2) is 3.25. The summed E-state index contributed by atoms with van der Waals surface area (Å²) in [5.74, 6) is 0. The topological polar surface area (TPSA) is 50.5 Å². The van der Waals surface area contributed by atoms with Crippen molar-refractivity contribution in [2.45, 2.75) is 11.8 Å². The van der Waals surface area contributed by atoms with Crippen molar-refractivity contribution in [1.29, 1.82) is 0 Å². The quantitative estimate of drug-likeness (QED) is 0.694. The first-order valence-corrected chi connectivity index (χ1v) is 5.73. The molecule has 1 aliphatic rings. The number of sulfonamides is 1. The minimum Gasteiger partial charge on any atom is -0.471 e. The summed E-state index contributed by atoms with van der Waals surface area (Å²) in [5.41, 5.74) is 1.08. The molecular formula is C9H11NO3S. The molecule has 1 aromatic heterocycles. The number of hydrogen-bond donors (Lipinski definition) is 0. The molecule has 2 rings (SSSR count). The van der Waals surface area contributed by atoms with Crippen LogP contribution in [0.2, 0.25) is 0 Å². The Bertz CT molecular complexity index is 444.